The fourth-order valence-corrected chi connectivity index (χ4v) is 4.12. The van der Waals surface area contributed by atoms with Gasteiger partial charge in [-0.25, -0.2) is 9.48 Å². The van der Waals surface area contributed by atoms with E-state index in [1.807, 2.05) is 38.1 Å². The van der Waals surface area contributed by atoms with Crippen molar-refractivity contribution in [2.75, 3.05) is 6.61 Å². The molecule has 0 radical (unpaired) electrons. The summed E-state index contributed by atoms with van der Waals surface area (Å²) in [5.41, 5.74) is 5.20. The Morgan fingerprint density at radius 1 is 1.31 bits per heavy atom. The van der Waals surface area contributed by atoms with E-state index in [-0.39, 0.29) is 12.6 Å². The Hall–Kier alpha value is -2.44. The number of aromatic nitrogens is 2. The summed E-state index contributed by atoms with van der Waals surface area (Å²) in [6, 6.07) is 7.96. The van der Waals surface area contributed by atoms with Gasteiger partial charge in [0.05, 0.1) is 30.8 Å². The summed E-state index contributed by atoms with van der Waals surface area (Å²) < 4.78 is 6.82. The van der Waals surface area contributed by atoms with Gasteiger partial charge in [0, 0.05) is 9.75 Å². The molecule has 5 nitrogen and oxygen atoms in total. The van der Waals surface area contributed by atoms with Gasteiger partial charge in [0.1, 0.15) is 5.56 Å². The van der Waals surface area contributed by atoms with E-state index in [1.54, 1.807) is 29.1 Å². The number of ether oxygens (including phenoxy) is 1. The van der Waals surface area contributed by atoms with E-state index in [9.17, 15) is 9.90 Å². The molecular weight excluding hydrogens is 348 g/mol. The number of nitrogens with zero attached hydrogens (tertiary/aromatic N) is 2. The van der Waals surface area contributed by atoms with E-state index in [2.05, 4.69) is 12.0 Å². The van der Waals surface area contributed by atoms with Gasteiger partial charge in [0.2, 0.25) is 0 Å². The van der Waals surface area contributed by atoms with Crippen LogP contribution in [0.5, 0.6) is 0 Å². The predicted octanol–water partition coefficient (Wildman–Crippen LogP) is 4.20. The smallest absolute Gasteiger partial charge is 0.341 e. The quantitative estimate of drug-likeness (QED) is 0.684. The Kier molecular flexibility index (Phi) is 5.25. The molecule has 6 heteroatoms. The monoisotopic (exact) mass is 370 g/mol. The van der Waals surface area contributed by atoms with Crippen LogP contribution in [0.1, 0.15) is 39.0 Å². The normalized spacial score (nSPS) is 11.0. The van der Waals surface area contributed by atoms with Crippen molar-refractivity contribution in [2.24, 2.45) is 0 Å². The largest absolute Gasteiger partial charge is 0.462 e. The van der Waals surface area contributed by atoms with Crippen molar-refractivity contribution in [3.05, 3.63) is 57.7 Å². The summed E-state index contributed by atoms with van der Waals surface area (Å²) in [5, 5.41) is 14.1. The molecule has 0 aliphatic carbocycles. The van der Waals surface area contributed by atoms with Crippen LogP contribution in [0.25, 0.3) is 16.1 Å². The third-order valence-corrected chi connectivity index (χ3v) is 5.82. The lowest BCUT2D eigenvalue weighted by atomic mass is 10.1. The van der Waals surface area contributed by atoms with Crippen LogP contribution < -0.4 is 0 Å². The van der Waals surface area contributed by atoms with Crippen LogP contribution in [0, 0.1) is 20.8 Å². The first-order valence-corrected chi connectivity index (χ1v) is 9.31. The molecule has 1 aromatic carbocycles. The fraction of sp³-hybridized carbons (Fsp3) is 0.300. The average Bonchev–Trinajstić information content (AvgIpc) is 3.15. The molecule has 1 N–H and O–H groups in total. The number of carbonyl (C=O) groups is 1. The van der Waals surface area contributed by atoms with E-state index in [0.717, 1.165) is 32.9 Å². The van der Waals surface area contributed by atoms with E-state index >= 15 is 0 Å². The first-order chi connectivity index (χ1) is 12.5. The molecule has 0 bridgehead atoms. The number of benzene rings is 1. The zero-order valence-corrected chi connectivity index (χ0v) is 16.2. The summed E-state index contributed by atoms with van der Waals surface area (Å²) in [7, 11) is 0. The average molecular weight is 370 g/mol. The van der Waals surface area contributed by atoms with Crippen LogP contribution in [0.2, 0.25) is 0 Å². The molecule has 2 heterocycles. The minimum Gasteiger partial charge on any atom is -0.462 e. The van der Waals surface area contributed by atoms with Crippen molar-refractivity contribution in [2.45, 2.75) is 34.3 Å². The third-order valence-electron chi connectivity index (χ3n) is 4.53. The number of hydrogen-bond donors (Lipinski definition) is 1. The molecule has 0 saturated heterocycles. The SMILES string of the molecule is CCOC(=O)c1cnn(-c2cccc(-c3sc(C)c(C)c3CO)c2)c1C. The van der Waals surface area contributed by atoms with Gasteiger partial charge >= 0.3 is 5.97 Å². The molecule has 0 spiro atoms. The van der Waals surface area contributed by atoms with Crippen molar-refractivity contribution >= 4 is 17.3 Å². The highest BCUT2D eigenvalue weighted by atomic mass is 32.1. The van der Waals surface area contributed by atoms with Crippen LogP contribution >= 0.6 is 11.3 Å². The topological polar surface area (TPSA) is 64.3 Å². The number of thiophene rings is 1. The number of esters is 1. The Bertz CT molecular complexity index is 956. The minimum atomic E-state index is -0.362. The molecule has 0 aliphatic heterocycles. The van der Waals surface area contributed by atoms with Crippen LogP contribution in [0.3, 0.4) is 0 Å². The molecule has 0 aliphatic rings. The van der Waals surface area contributed by atoms with Gasteiger partial charge in [0.25, 0.3) is 0 Å². The lowest BCUT2D eigenvalue weighted by molar-refractivity contribution is 0.0525. The van der Waals surface area contributed by atoms with E-state index in [4.69, 9.17) is 4.74 Å². The first-order valence-electron chi connectivity index (χ1n) is 8.50. The number of carbonyl (C=O) groups excluding carboxylic acids is 1. The summed E-state index contributed by atoms with van der Waals surface area (Å²) in [4.78, 5) is 14.3. The highest BCUT2D eigenvalue weighted by molar-refractivity contribution is 7.15. The third kappa shape index (κ3) is 3.18. The van der Waals surface area contributed by atoms with Gasteiger partial charge in [-0.05, 0) is 56.5 Å². The second-order valence-corrected chi connectivity index (χ2v) is 7.30. The van der Waals surface area contributed by atoms with Gasteiger partial charge in [-0.15, -0.1) is 11.3 Å². The first kappa shape index (κ1) is 18.4. The maximum atomic E-state index is 12.0. The van der Waals surface area contributed by atoms with Crippen LogP contribution in [-0.2, 0) is 11.3 Å². The molecule has 26 heavy (non-hydrogen) atoms. The molecule has 136 valence electrons. The number of aryl methyl sites for hydroxylation is 1. The Labute approximate surface area is 156 Å². The molecule has 0 fully saturated rings. The van der Waals surface area contributed by atoms with Crippen LogP contribution in [0.4, 0.5) is 0 Å². The highest BCUT2D eigenvalue weighted by Crippen LogP contribution is 2.36. The minimum absolute atomic E-state index is 0.0174. The Morgan fingerprint density at radius 2 is 2.08 bits per heavy atom. The standard InChI is InChI=1S/C20H22N2O3S/c1-5-25-20(24)17-10-21-22(13(17)3)16-8-6-7-15(9-16)19-18(11-23)12(2)14(4)26-19/h6-10,23H,5,11H2,1-4H3. The molecule has 0 saturated carbocycles. The Morgan fingerprint density at radius 3 is 2.77 bits per heavy atom. The molecule has 0 amide bonds. The number of hydrogen-bond acceptors (Lipinski definition) is 5. The van der Waals surface area contributed by atoms with Crippen molar-refractivity contribution < 1.29 is 14.6 Å². The molecule has 2 aromatic heterocycles. The van der Waals surface area contributed by atoms with Gasteiger partial charge in [-0.1, -0.05) is 12.1 Å². The zero-order valence-electron chi connectivity index (χ0n) is 15.4. The van der Waals surface area contributed by atoms with Crippen molar-refractivity contribution in [3.8, 4) is 16.1 Å². The van der Waals surface area contributed by atoms with Gasteiger partial charge in [-0.3, -0.25) is 0 Å². The van der Waals surface area contributed by atoms with Crippen LogP contribution in [0.15, 0.2) is 30.5 Å². The summed E-state index contributed by atoms with van der Waals surface area (Å²) in [5.74, 6) is -0.362. The maximum Gasteiger partial charge on any atom is 0.341 e. The van der Waals surface area contributed by atoms with Gasteiger partial charge in [-0.2, -0.15) is 5.10 Å². The van der Waals surface area contributed by atoms with Crippen LogP contribution in [-0.4, -0.2) is 27.5 Å². The number of aliphatic hydroxyl groups excluding tert-OH is 1. The van der Waals surface area contributed by atoms with Crippen molar-refractivity contribution in [3.63, 3.8) is 0 Å². The molecule has 3 aromatic rings. The lowest BCUT2D eigenvalue weighted by Crippen LogP contribution is -2.07. The van der Waals surface area contributed by atoms with Gasteiger partial charge in [0.15, 0.2) is 0 Å². The van der Waals surface area contributed by atoms with E-state index < -0.39 is 0 Å². The summed E-state index contributed by atoms with van der Waals surface area (Å²) >= 11 is 1.68. The number of rotatable bonds is 5. The highest BCUT2D eigenvalue weighted by Gasteiger charge is 2.17. The second kappa shape index (κ2) is 7.43. The summed E-state index contributed by atoms with van der Waals surface area (Å²) in [6.07, 6.45) is 1.54. The van der Waals surface area contributed by atoms with Gasteiger partial charge < -0.3 is 9.84 Å². The predicted molar refractivity (Wildman–Crippen MR) is 103 cm³/mol. The lowest BCUT2D eigenvalue weighted by Gasteiger charge is -2.08. The molecule has 3 rings (SSSR count). The van der Waals surface area contributed by atoms with Crippen molar-refractivity contribution in [1.82, 2.24) is 9.78 Å². The van der Waals surface area contributed by atoms with E-state index in [1.165, 1.54) is 4.88 Å². The Balaban J connectivity index is 2.04. The number of aliphatic hydroxyl groups is 1. The molecule has 0 unspecified atom stereocenters. The second-order valence-electron chi connectivity index (χ2n) is 6.08. The fourth-order valence-electron chi connectivity index (χ4n) is 2.96. The molecule has 0 atom stereocenters. The zero-order chi connectivity index (χ0) is 18.8. The maximum absolute atomic E-state index is 12.0. The summed E-state index contributed by atoms with van der Waals surface area (Å²) in [6.45, 7) is 8.09. The molecular formula is C20H22N2O3S. The van der Waals surface area contributed by atoms with Crippen molar-refractivity contribution in [1.29, 1.82) is 0 Å². The van der Waals surface area contributed by atoms with E-state index in [0.29, 0.717) is 12.2 Å².